The van der Waals surface area contributed by atoms with E-state index in [1.54, 1.807) is 13.0 Å². The van der Waals surface area contributed by atoms with Gasteiger partial charge in [0.05, 0.1) is 4.90 Å². The average molecular weight is 368 g/mol. The Labute approximate surface area is 151 Å². The molecule has 2 rings (SSSR count). The maximum absolute atomic E-state index is 12.6. The summed E-state index contributed by atoms with van der Waals surface area (Å²) in [5.74, 6) is -0.204. The van der Waals surface area contributed by atoms with Crippen LogP contribution in [-0.4, -0.2) is 51.9 Å². The van der Waals surface area contributed by atoms with Gasteiger partial charge in [0.15, 0.2) is 0 Å². The van der Waals surface area contributed by atoms with Gasteiger partial charge >= 0.3 is 0 Å². The summed E-state index contributed by atoms with van der Waals surface area (Å²) in [6, 6.07) is 3.37. The van der Waals surface area contributed by atoms with Crippen molar-refractivity contribution in [2.24, 2.45) is 0 Å². The zero-order valence-corrected chi connectivity index (χ0v) is 16.4. The van der Waals surface area contributed by atoms with Crippen LogP contribution in [0.25, 0.3) is 0 Å². The minimum Gasteiger partial charge on any atom is -0.349 e. The Hall–Kier alpha value is -1.44. The van der Waals surface area contributed by atoms with E-state index in [1.807, 2.05) is 6.92 Å². The average Bonchev–Trinajstić information content (AvgIpc) is 2.58. The van der Waals surface area contributed by atoms with Crippen LogP contribution in [0.2, 0.25) is 0 Å². The topological polar surface area (TPSA) is 78.5 Å². The second-order valence-electron chi connectivity index (χ2n) is 6.71. The fraction of sp³-hybridized carbons (Fsp3) is 0.611. The van der Waals surface area contributed by atoms with E-state index in [4.69, 9.17) is 0 Å². The molecule has 1 amide bonds. The Bertz CT molecular complexity index is 723. The van der Waals surface area contributed by atoms with Crippen LogP contribution in [0.4, 0.5) is 0 Å². The molecule has 2 N–H and O–H groups in total. The fourth-order valence-corrected chi connectivity index (χ4v) is 4.30. The predicted molar refractivity (Wildman–Crippen MR) is 99.4 cm³/mol. The van der Waals surface area contributed by atoms with Crippen molar-refractivity contribution in [2.45, 2.75) is 51.0 Å². The lowest BCUT2D eigenvalue weighted by Gasteiger charge is -2.32. The first-order valence-corrected chi connectivity index (χ1v) is 10.3. The number of sulfonamides is 1. The molecular formula is C18H29N3O3S. The van der Waals surface area contributed by atoms with Crippen molar-refractivity contribution < 1.29 is 13.2 Å². The molecule has 0 spiro atoms. The highest BCUT2D eigenvalue weighted by Gasteiger charge is 2.23. The Morgan fingerprint density at radius 3 is 2.44 bits per heavy atom. The zero-order valence-electron chi connectivity index (χ0n) is 15.6. The first kappa shape index (κ1) is 19.9. The summed E-state index contributed by atoms with van der Waals surface area (Å²) in [4.78, 5) is 15.2. The lowest BCUT2D eigenvalue weighted by Crippen LogP contribution is -2.44. The molecule has 1 fully saturated rings. The van der Waals surface area contributed by atoms with Crippen LogP contribution < -0.4 is 10.0 Å². The highest BCUT2D eigenvalue weighted by molar-refractivity contribution is 7.89. The molecule has 7 heteroatoms. The van der Waals surface area contributed by atoms with Crippen LogP contribution in [-0.2, 0) is 10.0 Å². The van der Waals surface area contributed by atoms with E-state index >= 15 is 0 Å². The summed E-state index contributed by atoms with van der Waals surface area (Å²) in [6.07, 6.45) is 3.00. The number of hydrogen-bond donors (Lipinski definition) is 2. The molecule has 1 saturated heterocycles. The molecule has 0 saturated carbocycles. The maximum atomic E-state index is 12.6. The third-order valence-corrected chi connectivity index (χ3v) is 6.44. The molecule has 0 bridgehead atoms. The van der Waals surface area contributed by atoms with E-state index in [0.717, 1.165) is 44.5 Å². The summed E-state index contributed by atoms with van der Waals surface area (Å²) >= 11 is 0. The van der Waals surface area contributed by atoms with Gasteiger partial charge in [-0.15, -0.1) is 0 Å². The summed E-state index contributed by atoms with van der Waals surface area (Å²) in [7, 11) is -2.21. The first-order chi connectivity index (χ1) is 11.8. The van der Waals surface area contributed by atoms with Crippen molar-refractivity contribution in [2.75, 3.05) is 26.7 Å². The van der Waals surface area contributed by atoms with E-state index in [0.29, 0.717) is 11.1 Å². The van der Waals surface area contributed by atoms with E-state index in [-0.39, 0.29) is 16.8 Å². The molecule has 1 aromatic rings. The number of carbonyl (C=O) groups excluding carboxylic acids is 1. The standard InChI is InChI=1S/C18H29N3O3S/c1-5-8-21-9-6-16(7-10-21)20-18(22)15-11-13(2)14(3)17(12-15)25(23,24)19-4/h11-12,16,19H,5-10H2,1-4H3,(H,20,22). The molecule has 1 aromatic carbocycles. The number of likely N-dealkylation sites (tertiary alicyclic amines) is 1. The molecule has 6 nitrogen and oxygen atoms in total. The van der Waals surface area contributed by atoms with E-state index in [1.165, 1.54) is 13.1 Å². The highest BCUT2D eigenvalue weighted by Crippen LogP contribution is 2.21. The molecule has 1 aliphatic rings. The summed E-state index contributed by atoms with van der Waals surface area (Å²) in [5.41, 5.74) is 1.85. The smallest absolute Gasteiger partial charge is 0.251 e. The minimum absolute atomic E-state index is 0.145. The van der Waals surface area contributed by atoms with Crippen LogP contribution in [0.1, 0.15) is 47.7 Å². The Balaban J connectivity index is 2.13. The number of nitrogens with zero attached hydrogens (tertiary/aromatic N) is 1. The number of aryl methyl sites for hydroxylation is 1. The zero-order chi connectivity index (χ0) is 18.6. The van der Waals surface area contributed by atoms with Crippen molar-refractivity contribution in [1.29, 1.82) is 0 Å². The molecule has 0 aromatic heterocycles. The fourth-order valence-electron chi connectivity index (χ4n) is 3.23. The third-order valence-electron chi connectivity index (χ3n) is 4.90. The van der Waals surface area contributed by atoms with Gasteiger partial charge in [-0.1, -0.05) is 6.92 Å². The monoisotopic (exact) mass is 367 g/mol. The van der Waals surface area contributed by atoms with Crippen molar-refractivity contribution in [3.05, 3.63) is 28.8 Å². The number of piperidine rings is 1. The van der Waals surface area contributed by atoms with Gasteiger partial charge in [0.2, 0.25) is 10.0 Å². The van der Waals surface area contributed by atoms with E-state index in [2.05, 4.69) is 21.9 Å². The van der Waals surface area contributed by atoms with Crippen LogP contribution in [0, 0.1) is 13.8 Å². The van der Waals surface area contributed by atoms with Crippen molar-refractivity contribution >= 4 is 15.9 Å². The number of nitrogens with one attached hydrogen (secondary N) is 2. The van der Waals surface area contributed by atoms with Gasteiger partial charge in [0.1, 0.15) is 0 Å². The van der Waals surface area contributed by atoms with Gasteiger partial charge in [-0.3, -0.25) is 4.79 Å². The maximum Gasteiger partial charge on any atom is 0.251 e. The van der Waals surface area contributed by atoms with Crippen LogP contribution >= 0.6 is 0 Å². The third kappa shape index (κ3) is 4.80. The Kier molecular flexibility index (Phi) is 6.59. The number of rotatable bonds is 6. The molecule has 0 radical (unpaired) electrons. The molecule has 0 aliphatic carbocycles. The molecule has 25 heavy (non-hydrogen) atoms. The normalized spacial score (nSPS) is 16.8. The molecule has 1 heterocycles. The summed E-state index contributed by atoms with van der Waals surface area (Å²) in [5, 5.41) is 3.06. The second kappa shape index (κ2) is 8.29. The van der Waals surface area contributed by atoms with Crippen LogP contribution in [0.5, 0.6) is 0 Å². The lowest BCUT2D eigenvalue weighted by atomic mass is 10.0. The van der Waals surface area contributed by atoms with Gasteiger partial charge in [-0.2, -0.15) is 0 Å². The van der Waals surface area contributed by atoms with E-state index in [9.17, 15) is 13.2 Å². The van der Waals surface area contributed by atoms with Gasteiger partial charge < -0.3 is 10.2 Å². The van der Waals surface area contributed by atoms with Crippen molar-refractivity contribution in [1.82, 2.24) is 14.9 Å². The minimum atomic E-state index is -3.59. The molecule has 0 atom stereocenters. The Morgan fingerprint density at radius 2 is 1.88 bits per heavy atom. The SMILES string of the molecule is CCCN1CCC(NC(=O)c2cc(C)c(C)c(S(=O)(=O)NC)c2)CC1. The highest BCUT2D eigenvalue weighted by atomic mass is 32.2. The van der Waals surface area contributed by atoms with Gasteiger partial charge in [0.25, 0.3) is 5.91 Å². The quantitative estimate of drug-likeness (QED) is 0.804. The van der Waals surface area contributed by atoms with Gasteiger partial charge in [-0.05, 0) is 70.0 Å². The number of amides is 1. The summed E-state index contributed by atoms with van der Waals surface area (Å²) < 4.78 is 26.7. The Morgan fingerprint density at radius 1 is 1.24 bits per heavy atom. The van der Waals surface area contributed by atoms with Gasteiger partial charge in [0, 0.05) is 24.7 Å². The van der Waals surface area contributed by atoms with E-state index < -0.39 is 10.0 Å². The molecule has 1 aliphatic heterocycles. The number of benzene rings is 1. The first-order valence-electron chi connectivity index (χ1n) is 8.86. The van der Waals surface area contributed by atoms with Gasteiger partial charge in [-0.25, -0.2) is 13.1 Å². The second-order valence-corrected chi connectivity index (χ2v) is 8.57. The number of hydrogen-bond acceptors (Lipinski definition) is 4. The summed E-state index contributed by atoms with van der Waals surface area (Å²) in [6.45, 7) is 8.83. The van der Waals surface area contributed by atoms with Crippen LogP contribution in [0.3, 0.4) is 0 Å². The largest absolute Gasteiger partial charge is 0.349 e. The van der Waals surface area contributed by atoms with Crippen molar-refractivity contribution in [3.8, 4) is 0 Å². The molecule has 140 valence electrons. The number of carbonyl (C=O) groups is 1. The lowest BCUT2D eigenvalue weighted by molar-refractivity contribution is 0.0911. The van der Waals surface area contributed by atoms with Crippen LogP contribution in [0.15, 0.2) is 17.0 Å². The van der Waals surface area contributed by atoms with Crippen molar-refractivity contribution in [3.63, 3.8) is 0 Å². The molecular weight excluding hydrogens is 338 g/mol. The molecule has 0 unspecified atom stereocenters. The predicted octanol–water partition coefficient (Wildman–Crippen LogP) is 1.82.